The monoisotopic (exact) mass is 279 g/mol. The van der Waals surface area contributed by atoms with E-state index >= 15 is 0 Å². The van der Waals surface area contributed by atoms with Crippen LogP contribution in [0.3, 0.4) is 0 Å². The number of H-pyrrole nitrogens is 1. The number of rotatable bonds is 2. The van der Waals surface area contributed by atoms with Crippen molar-refractivity contribution >= 4 is 6.09 Å². The van der Waals surface area contributed by atoms with E-state index in [1.54, 1.807) is 4.90 Å². The number of nitrogens with one attached hydrogen (secondary N) is 1. The lowest BCUT2D eigenvalue weighted by molar-refractivity contribution is 0.0203. The summed E-state index contributed by atoms with van der Waals surface area (Å²) in [5.41, 5.74) is 0.680. The van der Waals surface area contributed by atoms with Gasteiger partial charge in [0.15, 0.2) is 0 Å². The molecule has 1 aliphatic heterocycles. The largest absolute Gasteiger partial charge is 0.444 e. The highest BCUT2D eigenvalue weighted by atomic mass is 16.6. The second-order valence-electron chi connectivity index (χ2n) is 6.37. The quantitative estimate of drug-likeness (QED) is 0.905. The van der Waals surface area contributed by atoms with E-state index < -0.39 is 5.60 Å². The van der Waals surface area contributed by atoms with Gasteiger partial charge in [0.2, 0.25) is 0 Å². The Kier molecular flexibility index (Phi) is 4.35. The molecule has 0 radical (unpaired) electrons. The highest BCUT2D eigenvalue weighted by Crippen LogP contribution is 2.26. The first-order valence-electron chi connectivity index (χ1n) is 7.41. The van der Waals surface area contributed by atoms with Gasteiger partial charge in [0.05, 0.1) is 5.69 Å². The highest BCUT2D eigenvalue weighted by molar-refractivity contribution is 5.68. The summed E-state index contributed by atoms with van der Waals surface area (Å²) in [4.78, 5) is 21.6. The molecule has 0 aliphatic carbocycles. The zero-order valence-electron chi connectivity index (χ0n) is 12.9. The molecule has 5 heteroatoms. The topological polar surface area (TPSA) is 58.2 Å². The van der Waals surface area contributed by atoms with Gasteiger partial charge < -0.3 is 14.6 Å². The number of piperidine rings is 1. The van der Waals surface area contributed by atoms with Crippen LogP contribution in [0.4, 0.5) is 4.79 Å². The molecule has 112 valence electrons. The predicted molar refractivity (Wildman–Crippen MR) is 77.7 cm³/mol. The van der Waals surface area contributed by atoms with Crippen LogP contribution in [0, 0.1) is 0 Å². The Hall–Kier alpha value is -1.52. The summed E-state index contributed by atoms with van der Waals surface area (Å²) >= 11 is 0. The molecule has 0 bridgehead atoms. The first-order valence-corrected chi connectivity index (χ1v) is 7.41. The third kappa shape index (κ3) is 3.74. The smallest absolute Gasteiger partial charge is 0.410 e. The van der Waals surface area contributed by atoms with Crippen LogP contribution in [-0.4, -0.2) is 39.7 Å². The van der Waals surface area contributed by atoms with Crippen molar-refractivity contribution in [2.45, 2.75) is 58.5 Å². The second-order valence-corrected chi connectivity index (χ2v) is 6.37. The van der Waals surface area contributed by atoms with Crippen LogP contribution in [0.2, 0.25) is 0 Å². The van der Waals surface area contributed by atoms with Gasteiger partial charge in [0, 0.05) is 25.2 Å². The number of aromatic nitrogens is 2. The average Bonchev–Trinajstić information content (AvgIpc) is 2.85. The molecule has 0 spiro atoms. The summed E-state index contributed by atoms with van der Waals surface area (Å²) in [7, 11) is 0. The SMILES string of the molecule is CCc1c[nH]c(C2CCN(C(=O)OC(C)(C)C)CC2)n1. The molecule has 0 aromatic carbocycles. The zero-order valence-corrected chi connectivity index (χ0v) is 12.9. The first kappa shape index (κ1) is 14.9. The van der Waals surface area contributed by atoms with Gasteiger partial charge >= 0.3 is 6.09 Å². The van der Waals surface area contributed by atoms with Crippen LogP contribution in [0.25, 0.3) is 0 Å². The summed E-state index contributed by atoms with van der Waals surface area (Å²) in [6.45, 7) is 9.26. The fourth-order valence-corrected chi connectivity index (χ4v) is 2.43. The van der Waals surface area contributed by atoms with Crippen molar-refractivity contribution in [2.75, 3.05) is 13.1 Å². The molecule has 0 saturated carbocycles. The van der Waals surface area contributed by atoms with E-state index in [0.717, 1.165) is 43.9 Å². The Labute approximate surface area is 120 Å². The number of amides is 1. The van der Waals surface area contributed by atoms with E-state index in [-0.39, 0.29) is 6.09 Å². The van der Waals surface area contributed by atoms with E-state index in [0.29, 0.717) is 5.92 Å². The average molecular weight is 279 g/mol. The molecule has 0 atom stereocenters. The Morgan fingerprint density at radius 2 is 2.10 bits per heavy atom. The summed E-state index contributed by atoms with van der Waals surface area (Å²) in [6, 6.07) is 0. The zero-order chi connectivity index (χ0) is 14.8. The number of carbonyl (C=O) groups is 1. The standard InChI is InChI=1S/C15H25N3O2/c1-5-12-10-16-13(17-12)11-6-8-18(9-7-11)14(19)20-15(2,3)4/h10-11H,5-9H2,1-4H3,(H,16,17). The van der Waals surface area contributed by atoms with Crippen LogP contribution in [0.5, 0.6) is 0 Å². The fraction of sp³-hybridized carbons (Fsp3) is 0.733. The molecule has 1 aromatic heterocycles. The Morgan fingerprint density at radius 1 is 1.45 bits per heavy atom. The summed E-state index contributed by atoms with van der Waals surface area (Å²) in [5.74, 6) is 1.49. The van der Waals surface area contributed by atoms with Gasteiger partial charge in [-0.05, 0) is 40.0 Å². The number of carbonyl (C=O) groups excluding carboxylic acids is 1. The first-order chi connectivity index (χ1) is 9.39. The summed E-state index contributed by atoms with van der Waals surface area (Å²) in [5, 5.41) is 0. The van der Waals surface area contributed by atoms with Crippen molar-refractivity contribution in [1.82, 2.24) is 14.9 Å². The van der Waals surface area contributed by atoms with Gasteiger partial charge in [0.1, 0.15) is 11.4 Å². The number of imidazole rings is 1. The molecule has 20 heavy (non-hydrogen) atoms. The van der Waals surface area contributed by atoms with Crippen LogP contribution in [0.1, 0.15) is 58.0 Å². The van der Waals surface area contributed by atoms with Crippen molar-refractivity contribution in [1.29, 1.82) is 0 Å². The van der Waals surface area contributed by atoms with Crippen LogP contribution < -0.4 is 0 Å². The number of aromatic amines is 1. The van der Waals surface area contributed by atoms with Crippen LogP contribution in [0.15, 0.2) is 6.20 Å². The maximum Gasteiger partial charge on any atom is 0.410 e. The van der Waals surface area contributed by atoms with Crippen molar-refractivity contribution in [3.63, 3.8) is 0 Å². The van der Waals surface area contributed by atoms with Gasteiger partial charge in [0.25, 0.3) is 0 Å². The van der Waals surface area contributed by atoms with Gasteiger partial charge in [-0.1, -0.05) is 6.92 Å². The van der Waals surface area contributed by atoms with Gasteiger partial charge in [-0.2, -0.15) is 0 Å². The number of nitrogens with zero attached hydrogens (tertiary/aromatic N) is 2. The molecule has 1 saturated heterocycles. The molecule has 0 unspecified atom stereocenters. The number of ether oxygens (including phenoxy) is 1. The molecular formula is C15H25N3O2. The van der Waals surface area contributed by atoms with E-state index in [1.165, 1.54) is 0 Å². The third-order valence-corrected chi connectivity index (χ3v) is 3.55. The molecule has 1 amide bonds. The molecule has 5 nitrogen and oxygen atoms in total. The van der Waals surface area contributed by atoms with Crippen molar-refractivity contribution in [3.8, 4) is 0 Å². The number of likely N-dealkylation sites (tertiary alicyclic amines) is 1. The van der Waals surface area contributed by atoms with E-state index in [2.05, 4.69) is 16.9 Å². The lowest BCUT2D eigenvalue weighted by Gasteiger charge is -2.32. The minimum atomic E-state index is -0.426. The predicted octanol–water partition coefficient (Wildman–Crippen LogP) is 3.09. The number of hydrogen-bond acceptors (Lipinski definition) is 3. The van der Waals surface area contributed by atoms with E-state index in [4.69, 9.17) is 4.74 Å². The minimum absolute atomic E-state index is 0.204. The van der Waals surface area contributed by atoms with Gasteiger partial charge in [-0.3, -0.25) is 0 Å². The molecule has 1 aromatic rings. The summed E-state index contributed by atoms with van der Waals surface area (Å²) in [6.07, 6.45) is 4.61. The lowest BCUT2D eigenvalue weighted by Crippen LogP contribution is -2.41. The number of hydrogen-bond donors (Lipinski definition) is 1. The third-order valence-electron chi connectivity index (χ3n) is 3.55. The van der Waals surface area contributed by atoms with Gasteiger partial charge in [-0.15, -0.1) is 0 Å². The van der Waals surface area contributed by atoms with Crippen molar-refractivity contribution in [2.24, 2.45) is 0 Å². The maximum absolute atomic E-state index is 12.0. The second kappa shape index (κ2) is 5.85. The van der Waals surface area contributed by atoms with E-state index in [9.17, 15) is 4.79 Å². The number of aryl methyl sites for hydroxylation is 1. The highest BCUT2D eigenvalue weighted by Gasteiger charge is 2.28. The van der Waals surface area contributed by atoms with Crippen molar-refractivity contribution in [3.05, 3.63) is 17.7 Å². The lowest BCUT2D eigenvalue weighted by atomic mass is 9.96. The minimum Gasteiger partial charge on any atom is -0.444 e. The molecular weight excluding hydrogens is 254 g/mol. The van der Waals surface area contributed by atoms with Crippen LogP contribution >= 0.6 is 0 Å². The van der Waals surface area contributed by atoms with Gasteiger partial charge in [-0.25, -0.2) is 9.78 Å². The molecule has 1 N–H and O–H groups in total. The van der Waals surface area contributed by atoms with Crippen molar-refractivity contribution < 1.29 is 9.53 Å². The normalized spacial score (nSPS) is 17.3. The van der Waals surface area contributed by atoms with Crippen LogP contribution in [-0.2, 0) is 11.2 Å². The molecule has 1 fully saturated rings. The Bertz CT molecular complexity index is 454. The summed E-state index contributed by atoms with van der Waals surface area (Å²) < 4.78 is 5.40. The molecule has 2 rings (SSSR count). The Balaban J connectivity index is 1.87. The molecule has 1 aliphatic rings. The van der Waals surface area contributed by atoms with E-state index in [1.807, 2.05) is 27.0 Å². The maximum atomic E-state index is 12.0. The fourth-order valence-electron chi connectivity index (χ4n) is 2.43. The Morgan fingerprint density at radius 3 is 2.60 bits per heavy atom. The molecule has 2 heterocycles.